The third-order valence-electron chi connectivity index (χ3n) is 3.02. The van der Waals surface area contributed by atoms with Gasteiger partial charge in [-0.05, 0) is 32.9 Å². The van der Waals surface area contributed by atoms with Gasteiger partial charge in [-0.1, -0.05) is 18.2 Å². The molecule has 1 rings (SSSR count). The van der Waals surface area contributed by atoms with E-state index in [0.29, 0.717) is 26.1 Å². The van der Waals surface area contributed by atoms with Crippen LogP contribution in [0.1, 0.15) is 33.6 Å². The summed E-state index contributed by atoms with van der Waals surface area (Å²) in [5.74, 6) is 1.65. The van der Waals surface area contributed by atoms with E-state index in [4.69, 9.17) is 4.74 Å². The van der Waals surface area contributed by atoms with Gasteiger partial charge in [-0.3, -0.25) is 9.79 Å². The largest absolute Gasteiger partial charge is 0.494 e. The minimum absolute atomic E-state index is 0.0459. The minimum atomic E-state index is 0.0459. The van der Waals surface area contributed by atoms with Crippen molar-refractivity contribution in [3.05, 3.63) is 30.3 Å². The highest BCUT2D eigenvalue weighted by Crippen LogP contribution is 2.08. The molecule has 0 bridgehead atoms. The van der Waals surface area contributed by atoms with E-state index in [0.717, 1.165) is 24.7 Å². The van der Waals surface area contributed by atoms with E-state index in [-0.39, 0.29) is 11.9 Å². The molecular formula is C18H30N4O2. The summed E-state index contributed by atoms with van der Waals surface area (Å²) < 4.78 is 5.63. The summed E-state index contributed by atoms with van der Waals surface area (Å²) in [6, 6.07) is 9.93. The summed E-state index contributed by atoms with van der Waals surface area (Å²) in [6.45, 7) is 8.56. The van der Waals surface area contributed by atoms with Gasteiger partial charge in [-0.15, -0.1) is 0 Å². The quantitative estimate of drug-likeness (QED) is 0.347. The summed E-state index contributed by atoms with van der Waals surface area (Å²) in [5.41, 5.74) is 0. The SMILES string of the molecule is CCNC(=NCCCOc1ccccc1)NCCC(=O)NC(C)C. The minimum Gasteiger partial charge on any atom is -0.494 e. The first-order chi connectivity index (χ1) is 11.6. The highest BCUT2D eigenvalue weighted by atomic mass is 16.5. The molecule has 6 nitrogen and oxygen atoms in total. The van der Waals surface area contributed by atoms with Crippen LogP contribution in [0.5, 0.6) is 5.75 Å². The Morgan fingerprint density at radius 2 is 1.96 bits per heavy atom. The third kappa shape index (κ3) is 9.71. The van der Waals surface area contributed by atoms with Crippen molar-refractivity contribution in [2.24, 2.45) is 4.99 Å². The highest BCUT2D eigenvalue weighted by molar-refractivity contribution is 5.81. The van der Waals surface area contributed by atoms with Gasteiger partial charge in [0.2, 0.25) is 5.91 Å². The Morgan fingerprint density at radius 3 is 2.62 bits per heavy atom. The van der Waals surface area contributed by atoms with Crippen molar-refractivity contribution in [1.29, 1.82) is 0 Å². The molecule has 0 spiro atoms. The van der Waals surface area contributed by atoms with Gasteiger partial charge in [0.05, 0.1) is 6.61 Å². The first-order valence-corrected chi connectivity index (χ1v) is 8.61. The smallest absolute Gasteiger partial charge is 0.221 e. The fourth-order valence-electron chi connectivity index (χ4n) is 1.99. The number of hydrogen-bond acceptors (Lipinski definition) is 3. The number of amides is 1. The van der Waals surface area contributed by atoms with Gasteiger partial charge < -0.3 is 20.7 Å². The van der Waals surface area contributed by atoms with Gasteiger partial charge >= 0.3 is 0 Å². The molecule has 1 aromatic carbocycles. The Kier molecular flexibility index (Phi) is 10.1. The summed E-state index contributed by atoms with van der Waals surface area (Å²) in [5, 5.41) is 9.21. The van der Waals surface area contributed by atoms with Gasteiger partial charge in [-0.2, -0.15) is 0 Å². The lowest BCUT2D eigenvalue weighted by Gasteiger charge is -2.12. The molecule has 24 heavy (non-hydrogen) atoms. The van der Waals surface area contributed by atoms with E-state index in [9.17, 15) is 4.79 Å². The molecule has 1 amide bonds. The fourth-order valence-corrected chi connectivity index (χ4v) is 1.99. The normalized spacial score (nSPS) is 11.2. The van der Waals surface area contributed by atoms with Gasteiger partial charge in [0, 0.05) is 38.5 Å². The second-order valence-corrected chi connectivity index (χ2v) is 5.67. The maximum atomic E-state index is 11.6. The maximum absolute atomic E-state index is 11.6. The number of ether oxygens (including phenoxy) is 1. The van der Waals surface area contributed by atoms with Crippen molar-refractivity contribution in [2.75, 3.05) is 26.2 Å². The van der Waals surface area contributed by atoms with Crippen molar-refractivity contribution in [3.8, 4) is 5.75 Å². The molecule has 0 aliphatic carbocycles. The van der Waals surface area contributed by atoms with Crippen LogP contribution in [0.3, 0.4) is 0 Å². The first kappa shape index (κ1) is 19.8. The topological polar surface area (TPSA) is 74.8 Å². The summed E-state index contributed by atoms with van der Waals surface area (Å²) in [4.78, 5) is 16.1. The number of carbonyl (C=O) groups is 1. The van der Waals surface area contributed by atoms with E-state index in [1.807, 2.05) is 51.1 Å². The monoisotopic (exact) mass is 334 g/mol. The Labute approximate surface area is 145 Å². The lowest BCUT2D eigenvalue weighted by atomic mass is 10.3. The summed E-state index contributed by atoms with van der Waals surface area (Å²) in [7, 11) is 0. The lowest BCUT2D eigenvalue weighted by Crippen LogP contribution is -2.40. The Bertz CT molecular complexity index is 489. The Balaban J connectivity index is 2.22. The predicted octanol–water partition coefficient (Wildman–Crippen LogP) is 1.93. The molecule has 6 heteroatoms. The second kappa shape index (κ2) is 12.2. The lowest BCUT2D eigenvalue weighted by molar-refractivity contribution is -0.121. The number of aliphatic imine (C=N–C) groups is 1. The van der Waals surface area contributed by atoms with Gasteiger partial charge in [0.15, 0.2) is 5.96 Å². The van der Waals surface area contributed by atoms with Crippen LogP contribution < -0.4 is 20.7 Å². The van der Waals surface area contributed by atoms with Crippen LogP contribution in [0.15, 0.2) is 35.3 Å². The van der Waals surface area contributed by atoms with E-state index in [2.05, 4.69) is 20.9 Å². The molecule has 0 saturated heterocycles. The standard InChI is InChI=1S/C18H30N4O2/c1-4-19-18(21-13-11-17(23)22-15(2)3)20-12-8-14-24-16-9-6-5-7-10-16/h5-7,9-10,15H,4,8,11-14H2,1-3H3,(H,22,23)(H2,19,20,21). The Morgan fingerprint density at radius 1 is 1.21 bits per heavy atom. The number of benzene rings is 1. The van der Waals surface area contributed by atoms with Crippen LogP contribution in [-0.2, 0) is 4.79 Å². The van der Waals surface area contributed by atoms with Crippen molar-refractivity contribution >= 4 is 11.9 Å². The van der Waals surface area contributed by atoms with E-state index >= 15 is 0 Å². The fraction of sp³-hybridized carbons (Fsp3) is 0.556. The van der Waals surface area contributed by atoms with E-state index in [1.54, 1.807) is 0 Å². The molecule has 134 valence electrons. The average molecular weight is 334 g/mol. The molecule has 0 radical (unpaired) electrons. The molecule has 0 saturated carbocycles. The number of rotatable bonds is 10. The number of nitrogens with zero attached hydrogens (tertiary/aromatic N) is 1. The number of para-hydroxylation sites is 1. The number of nitrogens with one attached hydrogen (secondary N) is 3. The van der Waals surface area contributed by atoms with Crippen LogP contribution in [-0.4, -0.2) is 44.1 Å². The van der Waals surface area contributed by atoms with Crippen molar-refractivity contribution in [3.63, 3.8) is 0 Å². The van der Waals surface area contributed by atoms with Crippen LogP contribution >= 0.6 is 0 Å². The summed E-state index contributed by atoms with van der Waals surface area (Å²) >= 11 is 0. The second-order valence-electron chi connectivity index (χ2n) is 5.67. The van der Waals surface area contributed by atoms with Crippen LogP contribution in [0.25, 0.3) is 0 Å². The first-order valence-electron chi connectivity index (χ1n) is 8.61. The maximum Gasteiger partial charge on any atom is 0.221 e. The molecule has 0 unspecified atom stereocenters. The van der Waals surface area contributed by atoms with Gasteiger partial charge in [0.25, 0.3) is 0 Å². The third-order valence-corrected chi connectivity index (χ3v) is 3.02. The molecule has 1 aromatic rings. The van der Waals surface area contributed by atoms with Gasteiger partial charge in [-0.25, -0.2) is 0 Å². The zero-order chi connectivity index (χ0) is 17.6. The van der Waals surface area contributed by atoms with E-state index < -0.39 is 0 Å². The van der Waals surface area contributed by atoms with Crippen LogP contribution in [0, 0.1) is 0 Å². The molecule has 0 fully saturated rings. The summed E-state index contributed by atoms with van der Waals surface area (Å²) in [6.07, 6.45) is 1.26. The van der Waals surface area contributed by atoms with Crippen molar-refractivity contribution in [1.82, 2.24) is 16.0 Å². The molecule has 3 N–H and O–H groups in total. The molecule has 0 atom stereocenters. The molecule has 0 aliphatic heterocycles. The zero-order valence-electron chi connectivity index (χ0n) is 15.0. The van der Waals surface area contributed by atoms with E-state index in [1.165, 1.54) is 0 Å². The highest BCUT2D eigenvalue weighted by Gasteiger charge is 2.03. The molecule has 0 aromatic heterocycles. The van der Waals surface area contributed by atoms with Crippen LogP contribution in [0.2, 0.25) is 0 Å². The average Bonchev–Trinajstić information content (AvgIpc) is 2.54. The molecule has 0 heterocycles. The number of carbonyl (C=O) groups excluding carboxylic acids is 1. The predicted molar refractivity (Wildman–Crippen MR) is 98.4 cm³/mol. The molecular weight excluding hydrogens is 304 g/mol. The number of guanidine groups is 1. The molecule has 0 aliphatic rings. The van der Waals surface area contributed by atoms with Crippen molar-refractivity contribution in [2.45, 2.75) is 39.7 Å². The van der Waals surface area contributed by atoms with Gasteiger partial charge in [0.1, 0.15) is 5.75 Å². The number of hydrogen-bond donors (Lipinski definition) is 3. The Hall–Kier alpha value is -2.24. The van der Waals surface area contributed by atoms with Crippen LogP contribution in [0.4, 0.5) is 0 Å². The van der Waals surface area contributed by atoms with Crippen molar-refractivity contribution < 1.29 is 9.53 Å². The zero-order valence-corrected chi connectivity index (χ0v) is 15.0.